The van der Waals surface area contributed by atoms with Crippen molar-refractivity contribution in [2.24, 2.45) is 16.7 Å². The molecule has 3 aliphatic heterocycles. The van der Waals surface area contributed by atoms with Gasteiger partial charge in [-0.3, -0.25) is 0 Å². The highest BCUT2D eigenvalue weighted by molar-refractivity contribution is 4.94. The first-order chi connectivity index (χ1) is 9.22. The van der Waals surface area contributed by atoms with Crippen molar-refractivity contribution in [3.05, 3.63) is 0 Å². The summed E-state index contributed by atoms with van der Waals surface area (Å²) in [7, 11) is 0. The van der Waals surface area contributed by atoms with Crippen molar-refractivity contribution in [2.45, 2.75) is 45.4 Å². The van der Waals surface area contributed by atoms with E-state index in [1.165, 1.54) is 77.8 Å². The van der Waals surface area contributed by atoms with Gasteiger partial charge in [0.25, 0.3) is 0 Å². The monoisotopic (exact) mass is 265 g/mol. The lowest BCUT2D eigenvalue weighted by Crippen LogP contribution is -2.26. The Morgan fingerprint density at radius 1 is 0.737 bits per heavy atom. The third-order valence-corrected chi connectivity index (χ3v) is 5.95. The molecule has 3 heteroatoms. The molecule has 3 N–H and O–H groups in total. The van der Waals surface area contributed by atoms with E-state index in [-0.39, 0.29) is 0 Å². The van der Waals surface area contributed by atoms with Crippen molar-refractivity contribution in [3.8, 4) is 0 Å². The standard InChI is InChI=1S/C9H17N.C7H14N2/c1-8-2-3-9(6-8)4-5-10-7-9;1-3-8-5-7(1)2-4-9-6-7/h8,10H,2-7H2,1H3;8-9H,1-6H2. The molecule has 2 atom stereocenters. The van der Waals surface area contributed by atoms with Gasteiger partial charge in [-0.05, 0) is 68.5 Å². The fraction of sp³-hybridized carbons (Fsp3) is 1.00. The molecule has 3 nitrogen and oxygen atoms in total. The molecule has 4 fully saturated rings. The minimum Gasteiger partial charge on any atom is -0.316 e. The highest BCUT2D eigenvalue weighted by Crippen LogP contribution is 2.45. The third kappa shape index (κ3) is 3.14. The molecule has 1 saturated carbocycles. The lowest BCUT2D eigenvalue weighted by atomic mass is 9.85. The van der Waals surface area contributed by atoms with Gasteiger partial charge in [0.05, 0.1) is 0 Å². The Hall–Kier alpha value is -0.120. The summed E-state index contributed by atoms with van der Waals surface area (Å²) in [6.45, 7) is 9.94. The van der Waals surface area contributed by atoms with E-state index >= 15 is 0 Å². The Morgan fingerprint density at radius 3 is 1.63 bits per heavy atom. The molecule has 2 spiro atoms. The minimum atomic E-state index is 0.667. The van der Waals surface area contributed by atoms with Crippen LogP contribution < -0.4 is 16.0 Å². The van der Waals surface area contributed by atoms with Crippen LogP contribution in [0.4, 0.5) is 0 Å². The summed E-state index contributed by atoms with van der Waals surface area (Å²) in [6.07, 6.45) is 8.67. The van der Waals surface area contributed by atoms with Crippen LogP contribution in [0.25, 0.3) is 0 Å². The van der Waals surface area contributed by atoms with Crippen molar-refractivity contribution in [1.29, 1.82) is 0 Å². The molecule has 0 radical (unpaired) electrons. The van der Waals surface area contributed by atoms with E-state index in [1.807, 2.05) is 0 Å². The van der Waals surface area contributed by atoms with Gasteiger partial charge >= 0.3 is 0 Å². The van der Waals surface area contributed by atoms with Crippen LogP contribution in [0.5, 0.6) is 0 Å². The summed E-state index contributed by atoms with van der Waals surface area (Å²) < 4.78 is 0. The van der Waals surface area contributed by atoms with Gasteiger partial charge < -0.3 is 16.0 Å². The zero-order valence-corrected chi connectivity index (χ0v) is 12.6. The highest BCUT2D eigenvalue weighted by atomic mass is 15.0. The summed E-state index contributed by atoms with van der Waals surface area (Å²) in [5.41, 5.74) is 1.42. The zero-order valence-electron chi connectivity index (χ0n) is 12.6. The fourth-order valence-corrected chi connectivity index (χ4v) is 4.63. The first-order valence-corrected chi connectivity index (χ1v) is 8.34. The van der Waals surface area contributed by atoms with Crippen molar-refractivity contribution < 1.29 is 0 Å². The van der Waals surface area contributed by atoms with Crippen molar-refractivity contribution in [1.82, 2.24) is 16.0 Å². The second kappa shape index (κ2) is 5.71. The van der Waals surface area contributed by atoms with Gasteiger partial charge in [-0.25, -0.2) is 0 Å². The van der Waals surface area contributed by atoms with E-state index in [4.69, 9.17) is 0 Å². The second-order valence-electron chi connectivity index (χ2n) is 7.63. The molecule has 4 rings (SSSR count). The Bertz CT molecular complexity index is 267. The maximum Gasteiger partial charge on any atom is 0.00209 e. The second-order valence-corrected chi connectivity index (χ2v) is 7.63. The van der Waals surface area contributed by atoms with Gasteiger partial charge in [0, 0.05) is 19.6 Å². The number of nitrogens with one attached hydrogen (secondary N) is 3. The predicted octanol–water partition coefficient (Wildman–Crippen LogP) is 1.75. The molecule has 19 heavy (non-hydrogen) atoms. The highest BCUT2D eigenvalue weighted by Gasteiger charge is 2.39. The third-order valence-electron chi connectivity index (χ3n) is 5.95. The predicted molar refractivity (Wildman–Crippen MR) is 80.3 cm³/mol. The van der Waals surface area contributed by atoms with E-state index in [2.05, 4.69) is 22.9 Å². The van der Waals surface area contributed by atoms with Crippen molar-refractivity contribution in [2.75, 3.05) is 39.3 Å². The van der Waals surface area contributed by atoms with Gasteiger partial charge in [0.1, 0.15) is 0 Å². The summed E-state index contributed by atoms with van der Waals surface area (Å²) >= 11 is 0. The average molecular weight is 265 g/mol. The Balaban J connectivity index is 0.000000117. The van der Waals surface area contributed by atoms with Crippen LogP contribution in [0.2, 0.25) is 0 Å². The van der Waals surface area contributed by atoms with E-state index < -0.39 is 0 Å². The normalized spacial score (nSPS) is 39.9. The first-order valence-electron chi connectivity index (χ1n) is 8.34. The molecule has 110 valence electrons. The van der Waals surface area contributed by atoms with Crippen LogP contribution >= 0.6 is 0 Å². The molecule has 3 saturated heterocycles. The quantitative estimate of drug-likeness (QED) is 0.624. The molecule has 2 unspecified atom stereocenters. The molecule has 0 aromatic carbocycles. The van der Waals surface area contributed by atoms with E-state index in [9.17, 15) is 0 Å². The van der Waals surface area contributed by atoms with Gasteiger partial charge in [-0.15, -0.1) is 0 Å². The van der Waals surface area contributed by atoms with Crippen LogP contribution in [0, 0.1) is 16.7 Å². The molecule has 0 aromatic heterocycles. The largest absolute Gasteiger partial charge is 0.316 e. The van der Waals surface area contributed by atoms with Crippen LogP contribution in [0.3, 0.4) is 0 Å². The van der Waals surface area contributed by atoms with E-state index in [0.717, 1.165) is 11.3 Å². The molecule has 3 heterocycles. The van der Waals surface area contributed by atoms with E-state index in [0.29, 0.717) is 5.41 Å². The smallest absolute Gasteiger partial charge is 0.00209 e. The lowest BCUT2D eigenvalue weighted by Gasteiger charge is -2.20. The SMILES string of the molecule is C1CC2(CCNC2)CN1.CC1CCC2(CCNC2)C1. The van der Waals surface area contributed by atoms with Crippen LogP contribution in [0.15, 0.2) is 0 Å². The maximum absolute atomic E-state index is 3.48. The van der Waals surface area contributed by atoms with Crippen molar-refractivity contribution >= 4 is 0 Å². The number of hydrogen-bond acceptors (Lipinski definition) is 3. The lowest BCUT2D eigenvalue weighted by molar-refractivity contribution is 0.324. The first kappa shape index (κ1) is 13.8. The topological polar surface area (TPSA) is 36.1 Å². The Labute approximate surface area is 118 Å². The molecule has 0 bridgehead atoms. The number of hydrogen-bond donors (Lipinski definition) is 3. The maximum atomic E-state index is 3.48. The summed E-state index contributed by atoms with van der Waals surface area (Å²) in [4.78, 5) is 0. The van der Waals surface area contributed by atoms with Crippen LogP contribution in [-0.4, -0.2) is 39.3 Å². The van der Waals surface area contributed by atoms with E-state index in [1.54, 1.807) is 0 Å². The Morgan fingerprint density at radius 2 is 1.26 bits per heavy atom. The summed E-state index contributed by atoms with van der Waals surface area (Å²) in [5, 5.41) is 10.3. The fourth-order valence-electron chi connectivity index (χ4n) is 4.63. The Kier molecular flexibility index (Phi) is 4.16. The zero-order chi connectivity index (χ0) is 13.2. The van der Waals surface area contributed by atoms with Gasteiger partial charge in [0.15, 0.2) is 0 Å². The molecule has 0 aromatic rings. The van der Waals surface area contributed by atoms with Crippen LogP contribution in [0.1, 0.15) is 45.4 Å². The van der Waals surface area contributed by atoms with Gasteiger partial charge in [-0.2, -0.15) is 0 Å². The van der Waals surface area contributed by atoms with Crippen molar-refractivity contribution in [3.63, 3.8) is 0 Å². The number of rotatable bonds is 0. The molecular formula is C16H31N3. The minimum absolute atomic E-state index is 0.667. The summed E-state index contributed by atoms with van der Waals surface area (Å²) in [6, 6.07) is 0. The molecule has 1 aliphatic carbocycles. The average Bonchev–Trinajstić information content (AvgIpc) is 3.17. The molecule has 0 amide bonds. The summed E-state index contributed by atoms with van der Waals surface area (Å²) in [5.74, 6) is 1.000. The van der Waals surface area contributed by atoms with Crippen LogP contribution in [-0.2, 0) is 0 Å². The molecule has 4 aliphatic rings. The molecular weight excluding hydrogens is 234 g/mol. The van der Waals surface area contributed by atoms with Gasteiger partial charge in [-0.1, -0.05) is 13.3 Å². The van der Waals surface area contributed by atoms with Gasteiger partial charge in [0.2, 0.25) is 0 Å².